The highest BCUT2D eigenvalue weighted by atomic mass is 32.1. The van der Waals surface area contributed by atoms with Gasteiger partial charge in [-0.05, 0) is 18.4 Å². The number of aryl methyl sites for hydroxylation is 1. The summed E-state index contributed by atoms with van der Waals surface area (Å²) in [6.07, 6.45) is 3.17. The molecule has 0 spiro atoms. The molecule has 4 nitrogen and oxygen atoms in total. The number of nitrogens with one attached hydrogen (secondary N) is 1. The Balaban J connectivity index is 1.95. The second-order valence-corrected chi connectivity index (χ2v) is 5.16. The van der Waals surface area contributed by atoms with Gasteiger partial charge in [0, 0.05) is 18.5 Å². The van der Waals surface area contributed by atoms with Gasteiger partial charge in [-0.25, -0.2) is 13.8 Å². The number of carbonyl (C=O) groups excluding carboxylic acids is 1. The minimum atomic E-state index is -0.604. The number of hydrogen-bond donors (Lipinski definition) is 1. The summed E-state index contributed by atoms with van der Waals surface area (Å²) in [6, 6.07) is 2.37. The average molecular weight is 293 g/mol. The van der Waals surface area contributed by atoms with E-state index in [1.807, 2.05) is 0 Å². The summed E-state index contributed by atoms with van der Waals surface area (Å²) in [5.41, 5.74) is 1.09. The van der Waals surface area contributed by atoms with Crippen LogP contribution in [-0.4, -0.2) is 15.3 Å². The highest BCUT2D eigenvalue weighted by Gasteiger charge is 2.15. The average Bonchev–Trinajstić information content (AvgIpc) is 2.94. The Morgan fingerprint density at radius 2 is 2.15 bits per heavy atom. The standard InChI is InChI=1S/C13H9F2N3OS/c1-7-5-18-6-8(4-10(15)12(18)16-7)17-13(19)11-9(14)2-3-20-11/h2-6H,1H3,(H,17,19). The van der Waals surface area contributed by atoms with Crippen molar-refractivity contribution in [3.05, 3.63) is 52.1 Å². The number of carbonyl (C=O) groups is 1. The minimum absolute atomic E-state index is 0.0349. The minimum Gasteiger partial charge on any atom is -0.320 e. The summed E-state index contributed by atoms with van der Waals surface area (Å²) in [5.74, 6) is -1.75. The van der Waals surface area contributed by atoms with Crippen LogP contribution in [0.1, 0.15) is 15.4 Å². The van der Waals surface area contributed by atoms with Crippen LogP contribution in [0.4, 0.5) is 14.5 Å². The SMILES string of the molecule is Cc1cn2cc(NC(=O)c3sccc3F)cc(F)c2n1. The number of imidazole rings is 1. The Morgan fingerprint density at radius 1 is 1.35 bits per heavy atom. The molecule has 0 aromatic carbocycles. The highest BCUT2D eigenvalue weighted by Crippen LogP contribution is 2.19. The molecule has 1 amide bonds. The van der Waals surface area contributed by atoms with Crippen molar-refractivity contribution in [1.29, 1.82) is 0 Å². The van der Waals surface area contributed by atoms with Crippen molar-refractivity contribution in [2.45, 2.75) is 6.92 Å². The Bertz CT molecular complexity index is 809. The molecular formula is C13H9F2N3OS. The molecule has 102 valence electrons. The molecule has 3 aromatic rings. The van der Waals surface area contributed by atoms with E-state index in [0.29, 0.717) is 5.69 Å². The van der Waals surface area contributed by atoms with Gasteiger partial charge in [0.05, 0.1) is 11.4 Å². The van der Waals surface area contributed by atoms with Gasteiger partial charge < -0.3 is 9.72 Å². The van der Waals surface area contributed by atoms with Crippen LogP contribution >= 0.6 is 11.3 Å². The first-order valence-corrected chi connectivity index (χ1v) is 6.62. The van der Waals surface area contributed by atoms with Crippen molar-refractivity contribution in [3.63, 3.8) is 0 Å². The number of pyridine rings is 1. The third-order valence-corrected chi connectivity index (χ3v) is 3.60. The van der Waals surface area contributed by atoms with E-state index in [0.717, 1.165) is 17.4 Å². The van der Waals surface area contributed by atoms with E-state index in [2.05, 4.69) is 10.3 Å². The topological polar surface area (TPSA) is 46.4 Å². The van der Waals surface area contributed by atoms with Gasteiger partial charge in [-0.1, -0.05) is 0 Å². The quantitative estimate of drug-likeness (QED) is 0.788. The molecule has 0 aliphatic carbocycles. The number of aromatic nitrogens is 2. The maximum absolute atomic E-state index is 13.8. The number of nitrogens with zero attached hydrogens (tertiary/aromatic N) is 2. The molecule has 0 fully saturated rings. The molecule has 0 saturated carbocycles. The van der Waals surface area contributed by atoms with E-state index < -0.39 is 17.5 Å². The third-order valence-electron chi connectivity index (χ3n) is 2.71. The van der Waals surface area contributed by atoms with Gasteiger partial charge in [0.1, 0.15) is 10.7 Å². The van der Waals surface area contributed by atoms with Crippen molar-refractivity contribution in [2.24, 2.45) is 0 Å². The van der Waals surface area contributed by atoms with Crippen LogP contribution < -0.4 is 5.32 Å². The highest BCUT2D eigenvalue weighted by molar-refractivity contribution is 7.12. The number of halogens is 2. The van der Waals surface area contributed by atoms with Gasteiger partial charge in [0.2, 0.25) is 0 Å². The smallest absolute Gasteiger partial charge is 0.268 e. The summed E-state index contributed by atoms with van der Waals surface area (Å²) >= 11 is 0.989. The molecular weight excluding hydrogens is 284 g/mol. The van der Waals surface area contributed by atoms with Gasteiger partial charge >= 0.3 is 0 Å². The van der Waals surface area contributed by atoms with Crippen LogP contribution in [0.5, 0.6) is 0 Å². The first-order chi connectivity index (χ1) is 9.54. The monoisotopic (exact) mass is 293 g/mol. The second-order valence-electron chi connectivity index (χ2n) is 4.24. The van der Waals surface area contributed by atoms with E-state index in [1.165, 1.54) is 22.0 Å². The summed E-state index contributed by atoms with van der Waals surface area (Å²) in [7, 11) is 0. The zero-order valence-electron chi connectivity index (χ0n) is 10.4. The molecule has 7 heteroatoms. The molecule has 0 unspecified atom stereocenters. The summed E-state index contributed by atoms with van der Waals surface area (Å²) in [6.45, 7) is 1.74. The first-order valence-electron chi connectivity index (χ1n) is 5.74. The van der Waals surface area contributed by atoms with Crippen molar-refractivity contribution in [3.8, 4) is 0 Å². The predicted octanol–water partition coefficient (Wildman–Crippen LogP) is 3.23. The molecule has 3 aromatic heterocycles. The normalized spacial score (nSPS) is 10.9. The van der Waals surface area contributed by atoms with Gasteiger partial charge in [0.25, 0.3) is 5.91 Å². The fourth-order valence-electron chi connectivity index (χ4n) is 1.89. The lowest BCUT2D eigenvalue weighted by Crippen LogP contribution is -2.12. The van der Waals surface area contributed by atoms with Crippen LogP contribution in [-0.2, 0) is 0 Å². The largest absolute Gasteiger partial charge is 0.320 e. The van der Waals surface area contributed by atoms with Crippen molar-refractivity contribution >= 4 is 28.6 Å². The molecule has 1 N–H and O–H groups in total. The molecule has 3 rings (SSSR count). The van der Waals surface area contributed by atoms with Crippen LogP contribution in [0.2, 0.25) is 0 Å². The number of thiophene rings is 1. The third kappa shape index (κ3) is 2.16. The molecule has 0 aliphatic rings. The van der Waals surface area contributed by atoms with Crippen LogP contribution in [0.25, 0.3) is 5.65 Å². The summed E-state index contributed by atoms with van der Waals surface area (Å²) in [5, 5.41) is 3.95. The number of hydrogen-bond acceptors (Lipinski definition) is 3. The Morgan fingerprint density at radius 3 is 2.85 bits per heavy atom. The lowest BCUT2D eigenvalue weighted by molar-refractivity contribution is 0.102. The second kappa shape index (κ2) is 4.68. The lowest BCUT2D eigenvalue weighted by Gasteiger charge is -2.05. The predicted molar refractivity (Wildman–Crippen MR) is 72.1 cm³/mol. The molecule has 0 bridgehead atoms. The van der Waals surface area contributed by atoms with Crippen LogP contribution in [0.3, 0.4) is 0 Å². The Kier molecular flexibility index (Phi) is 2.98. The van der Waals surface area contributed by atoms with E-state index in [1.54, 1.807) is 13.1 Å². The van der Waals surface area contributed by atoms with Gasteiger partial charge in [-0.2, -0.15) is 0 Å². The molecule has 0 aliphatic heterocycles. The molecule has 3 heterocycles. The summed E-state index contributed by atoms with van der Waals surface area (Å²) < 4.78 is 28.6. The maximum atomic E-state index is 13.8. The molecule has 0 saturated heterocycles. The van der Waals surface area contributed by atoms with E-state index in [9.17, 15) is 13.6 Å². The number of anilines is 1. The van der Waals surface area contributed by atoms with Crippen molar-refractivity contribution in [2.75, 3.05) is 5.32 Å². The molecule has 0 radical (unpaired) electrons. The van der Waals surface area contributed by atoms with Crippen molar-refractivity contribution in [1.82, 2.24) is 9.38 Å². The Labute approximate surface area is 116 Å². The first kappa shape index (κ1) is 12.7. The Hall–Kier alpha value is -2.28. The van der Waals surface area contributed by atoms with Crippen molar-refractivity contribution < 1.29 is 13.6 Å². The number of rotatable bonds is 2. The van der Waals surface area contributed by atoms with E-state index in [4.69, 9.17) is 0 Å². The van der Waals surface area contributed by atoms with Gasteiger partial charge in [0.15, 0.2) is 11.5 Å². The number of amides is 1. The lowest BCUT2D eigenvalue weighted by atomic mass is 10.3. The van der Waals surface area contributed by atoms with Crippen LogP contribution in [0, 0.1) is 18.6 Å². The van der Waals surface area contributed by atoms with Gasteiger partial charge in [-0.15, -0.1) is 11.3 Å². The zero-order valence-corrected chi connectivity index (χ0v) is 11.2. The fourth-order valence-corrected chi connectivity index (χ4v) is 2.55. The zero-order chi connectivity index (χ0) is 14.3. The summed E-state index contributed by atoms with van der Waals surface area (Å²) in [4.78, 5) is 15.8. The van der Waals surface area contributed by atoms with E-state index in [-0.39, 0.29) is 16.2 Å². The fraction of sp³-hybridized carbons (Fsp3) is 0.0769. The van der Waals surface area contributed by atoms with Gasteiger partial charge in [-0.3, -0.25) is 4.79 Å². The van der Waals surface area contributed by atoms with Crippen LogP contribution in [0.15, 0.2) is 29.9 Å². The maximum Gasteiger partial charge on any atom is 0.268 e. The molecule has 20 heavy (non-hydrogen) atoms. The van der Waals surface area contributed by atoms with E-state index >= 15 is 0 Å². The number of fused-ring (bicyclic) bond motifs is 1. The molecule has 0 atom stereocenters.